The molecule has 2 N–H and O–H groups in total. The van der Waals surface area contributed by atoms with Crippen LogP contribution in [0.1, 0.15) is 5.56 Å². The topological polar surface area (TPSA) is 35.2 Å². The lowest BCUT2D eigenvalue weighted by Crippen LogP contribution is -1.93. The lowest BCUT2D eigenvalue weighted by atomic mass is 10.2. The normalized spacial score (nSPS) is 10.8. The van der Waals surface area contributed by atoms with E-state index in [1.54, 1.807) is 18.9 Å². The highest BCUT2D eigenvalue weighted by Crippen LogP contribution is 2.25. The molecule has 1 aromatic carbocycles. The van der Waals surface area contributed by atoms with Crippen LogP contribution in [0.25, 0.3) is 6.08 Å². The maximum absolute atomic E-state index is 5.39. The molecule has 0 aliphatic rings. The van der Waals surface area contributed by atoms with Gasteiger partial charge in [0.15, 0.2) is 0 Å². The van der Waals surface area contributed by atoms with E-state index in [0.29, 0.717) is 6.54 Å². The summed E-state index contributed by atoms with van der Waals surface area (Å²) in [7, 11) is 1.68. The minimum atomic E-state index is 0.549. The quantitative estimate of drug-likeness (QED) is 0.773. The van der Waals surface area contributed by atoms with Crippen LogP contribution in [0.15, 0.2) is 29.2 Å². The van der Waals surface area contributed by atoms with Crippen molar-refractivity contribution in [3.63, 3.8) is 0 Å². The number of methoxy groups -OCH3 is 1. The summed E-state index contributed by atoms with van der Waals surface area (Å²) in [6, 6.07) is 6.14. The minimum Gasteiger partial charge on any atom is -0.496 e. The molecule has 0 radical (unpaired) electrons. The standard InChI is InChI=1S/C11H15NOS/c1-13-11-8-10(14-2)6-5-9(11)4-3-7-12/h3-6,8H,7,12H2,1-2H3/b4-3+. The summed E-state index contributed by atoms with van der Waals surface area (Å²) in [5.41, 5.74) is 6.46. The van der Waals surface area contributed by atoms with E-state index in [0.717, 1.165) is 11.3 Å². The van der Waals surface area contributed by atoms with E-state index in [-0.39, 0.29) is 0 Å². The number of ether oxygens (including phenoxy) is 1. The highest BCUT2D eigenvalue weighted by atomic mass is 32.2. The SMILES string of the molecule is COc1cc(SC)ccc1/C=C/CN. The second-order valence-corrected chi connectivity index (χ2v) is 3.63. The molecule has 0 aliphatic carbocycles. The van der Waals surface area contributed by atoms with E-state index in [1.807, 2.05) is 30.5 Å². The van der Waals surface area contributed by atoms with Crippen molar-refractivity contribution in [2.24, 2.45) is 5.73 Å². The zero-order valence-corrected chi connectivity index (χ0v) is 9.30. The van der Waals surface area contributed by atoms with Crippen LogP contribution in [0, 0.1) is 0 Å². The van der Waals surface area contributed by atoms with E-state index in [2.05, 4.69) is 6.07 Å². The van der Waals surface area contributed by atoms with Crippen LogP contribution in [0.3, 0.4) is 0 Å². The Hall–Kier alpha value is -0.930. The molecule has 0 unspecified atom stereocenters. The molecule has 0 heterocycles. The molecule has 0 bridgehead atoms. The lowest BCUT2D eigenvalue weighted by Gasteiger charge is -2.06. The maximum atomic E-state index is 5.39. The van der Waals surface area contributed by atoms with E-state index in [1.165, 1.54) is 4.90 Å². The molecule has 0 atom stereocenters. The van der Waals surface area contributed by atoms with Gasteiger partial charge in [-0.2, -0.15) is 0 Å². The molecule has 14 heavy (non-hydrogen) atoms. The first-order valence-electron chi connectivity index (χ1n) is 4.40. The van der Waals surface area contributed by atoms with Gasteiger partial charge in [0.2, 0.25) is 0 Å². The molecule has 1 rings (SSSR count). The summed E-state index contributed by atoms with van der Waals surface area (Å²) in [6.07, 6.45) is 5.93. The zero-order chi connectivity index (χ0) is 10.4. The van der Waals surface area contributed by atoms with Crippen molar-refractivity contribution in [1.29, 1.82) is 0 Å². The van der Waals surface area contributed by atoms with E-state index in [4.69, 9.17) is 10.5 Å². The Bertz CT molecular complexity index is 323. The average Bonchev–Trinajstić information content (AvgIpc) is 2.26. The van der Waals surface area contributed by atoms with Gasteiger partial charge in [-0.05, 0) is 18.4 Å². The third-order valence-electron chi connectivity index (χ3n) is 1.87. The Kier molecular flexibility index (Phi) is 4.56. The van der Waals surface area contributed by atoms with Crippen molar-refractivity contribution in [3.8, 4) is 5.75 Å². The van der Waals surface area contributed by atoms with Crippen LogP contribution in [-0.4, -0.2) is 19.9 Å². The van der Waals surface area contributed by atoms with E-state index < -0.39 is 0 Å². The monoisotopic (exact) mass is 209 g/mol. The molecule has 1 aromatic rings. The molecule has 0 saturated heterocycles. The number of nitrogens with two attached hydrogens (primary N) is 1. The summed E-state index contributed by atoms with van der Waals surface area (Å²) < 4.78 is 5.28. The Balaban J connectivity index is 2.99. The second-order valence-electron chi connectivity index (χ2n) is 2.75. The lowest BCUT2D eigenvalue weighted by molar-refractivity contribution is 0.412. The number of hydrogen-bond donors (Lipinski definition) is 1. The Labute approximate surface area is 89.1 Å². The smallest absolute Gasteiger partial charge is 0.127 e. The molecule has 0 spiro atoms. The van der Waals surface area contributed by atoms with Gasteiger partial charge in [-0.15, -0.1) is 11.8 Å². The van der Waals surface area contributed by atoms with Gasteiger partial charge in [0.25, 0.3) is 0 Å². The first kappa shape index (κ1) is 11.1. The molecular weight excluding hydrogens is 194 g/mol. The van der Waals surface area contributed by atoms with Gasteiger partial charge in [0, 0.05) is 17.0 Å². The molecule has 0 aliphatic heterocycles. The summed E-state index contributed by atoms with van der Waals surface area (Å²) in [6.45, 7) is 0.549. The predicted molar refractivity (Wildman–Crippen MR) is 62.9 cm³/mol. The highest BCUT2D eigenvalue weighted by molar-refractivity contribution is 7.98. The summed E-state index contributed by atoms with van der Waals surface area (Å²) >= 11 is 1.70. The average molecular weight is 209 g/mol. The number of rotatable bonds is 4. The molecule has 2 nitrogen and oxygen atoms in total. The maximum Gasteiger partial charge on any atom is 0.127 e. The number of benzene rings is 1. The van der Waals surface area contributed by atoms with Gasteiger partial charge in [-0.1, -0.05) is 18.2 Å². The fourth-order valence-corrected chi connectivity index (χ4v) is 1.58. The molecule has 3 heteroatoms. The third-order valence-corrected chi connectivity index (χ3v) is 2.60. The van der Waals surface area contributed by atoms with Crippen LogP contribution in [0.2, 0.25) is 0 Å². The van der Waals surface area contributed by atoms with Gasteiger partial charge < -0.3 is 10.5 Å². The van der Waals surface area contributed by atoms with Crippen molar-refractivity contribution >= 4 is 17.8 Å². The van der Waals surface area contributed by atoms with Crippen LogP contribution < -0.4 is 10.5 Å². The van der Waals surface area contributed by atoms with Gasteiger partial charge in [-0.3, -0.25) is 0 Å². The Morgan fingerprint density at radius 1 is 1.50 bits per heavy atom. The third kappa shape index (κ3) is 2.79. The van der Waals surface area contributed by atoms with Gasteiger partial charge >= 0.3 is 0 Å². The van der Waals surface area contributed by atoms with Crippen LogP contribution in [-0.2, 0) is 0 Å². The highest BCUT2D eigenvalue weighted by Gasteiger charge is 2.00. The van der Waals surface area contributed by atoms with E-state index in [9.17, 15) is 0 Å². The first-order valence-corrected chi connectivity index (χ1v) is 5.63. The molecule has 0 aromatic heterocycles. The molecule has 0 amide bonds. The van der Waals surface area contributed by atoms with Gasteiger partial charge in [0.1, 0.15) is 5.75 Å². The molecule has 0 fully saturated rings. The van der Waals surface area contributed by atoms with Gasteiger partial charge in [-0.25, -0.2) is 0 Å². The summed E-state index contributed by atoms with van der Waals surface area (Å²) in [5.74, 6) is 0.890. The van der Waals surface area contributed by atoms with Crippen molar-refractivity contribution in [3.05, 3.63) is 29.8 Å². The van der Waals surface area contributed by atoms with Crippen molar-refractivity contribution in [1.82, 2.24) is 0 Å². The Morgan fingerprint density at radius 2 is 2.29 bits per heavy atom. The van der Waals surface area contributed by atoms with Crippen molar-refractivity contribution in [2.75, 3.05) is 19.9 Å². The van der Waals surface area contributed by atoms with Crippen LogP contribution in [0.5, 0.6) is 5.75 Å². The molecular formula is C11H15NOS. The van der Waals surface area contributed by atoms with E-state index >= 15 is 0 Å². The van der Waals surface area contributed by atoms with Crippen molar-refractivity contribution in [2.45, 2.75) is 4.90 Å². The van der Waals surface area contributed by atoms with Crippen molar-refractivity contribution < 1.29 is 4.74 Å². The van der Waals surface area contributed by atoms with Crippen LogP contribution >= 0.6 is 11.8 Å². The fraction of sp³-hybridized carbons (Fsp3) is 0.273. The second kappa shape index (κ2) is 5.73. The number of thioether (sulfide) groups is 1. The summed E-state index contributed by atoms with van der Waals surface area (Å²) in [4.78, 5) is 1.20. The first-order chi connectivity index (χ1) is 6.81. The fourth-order valence-electron chi connectivity index (χ4n) is 1.15. The van der Waals surface area contributed by atoms with Crippen LogP contribution in [0.4, 0.5) is 0 Å². The number of hydrogen-bond acceptors (Lipinski definition) is 3. The predicted octanol–water partition coefficient (Wildman–Crippen LogP) is 2.39. The molecule has 76 valence electrons. The largest absolute Gasteiger partial charge is 0.496 e. The zero-order valence-electron chi connectivity index (χ0n) is 8.49. The van der Waals surface area contributed by atoms with Gasteiger partial charge in [0.05, 0.1) is 7.11 Å². The Morgan fingerprint density at radius 3 is 2.86 bits per heavy atom. The summed E-state index contributed by atoms with van der Waals surface area (Å²) in [5, 5.41) is 0. The molecule has 0 saturated carbocycles. The minimum absolute atomic E-state index is 0.549.